The van der Waals surface area contributed by atoms with Crippen LogP contribution >= 0.6 is 22.7 Å². The van der Waals surface area contributed by atoms with Gasteiger partial charge in [0.05, 0.1) is 16.8 Å². The van der Waals surface area contributed by atoms with Crippen LogP contribution in [-0.2, 0) is 9.59 Å². The van der Waals surface area contributed by atoms with E-state index in [-0.39, 0.29) is 11.8 Å². The van der Waals surface area contributed by atoms with Gasteiger partial charge in [0.1, 0.15) is 0 Å². The van der Waals surface area contributed by atoms with E-state index in [9.17, 15) is 9.59 Å². The third-order valence-corrected chi connectivity index (χ3v) is 8.22. The number of hydrogen-bond donors (Lipinski definition) is 0. The van der Waals surface area contributed by atoms with Crippen LogP contribution in [0.3, 0.4) is 0 Å². The number of imide groups is 1. The number of thiophene rings is 2. The van der Waals surface area contributed by atoms with Gasteiger partial charge in [0.2, 0.25) is 0 Å². The lowest BCUT2D eigenvalue weighted by molar-refractivity contribution is -0.119. The smallest absolute Gasteiger partial charge is 0.267 e. The van der Waals surface area contributed by atoms with Crippen LogP contribution in [0.4, 0.5) is 5.69 Å². The molecule has 0 atom stereocenters. The molecule has 0 saturated carbocycles. The molecular formula is C30H19NO2S2. The fourth-order valence-electron chi connectivity index (χ4n) is 4.26. The summed E-state index contributed by atoms with van der Waals surface area (Å²) in [6.45, 7) is 0. The number of carbonyl (C=O) groups is 2. The van der Waals surface area contributed by atoms with Gasteiger partial charge in [-0.05, 0) is 47.5 Å². The predicted octanol–water partition coefficient (Wildman–Crippen LogP) is 7.63. The van der Waals surface area contributed by atoms with Gasteiger partial charge in [0.25, 0.3) is 11.8 Å². The Morgan fingerprint density at radius 1 is 0.429 bits per heavy atom. The standard InChI is InChI=1S/C30H19NO2S2/c32-29-27(25-18-16-23(34-25)20-10-4-1-5-11-20)28(30(33)31(29)22-14-8-3-9-15-22)26-19-17-24(35-26)21-12-6-2-7-13-21/h1-19H. The van der Waals surface area contributed by atoms with Crippen molar-refractivity contribution in [1.82, 2.24) is 0 Å². The number of hydrogen-bond acceptors (Lipinski definition) is 4. The molecule has 3 heterocycles. The second kappa shape index (κ2) is 8.95. The first kappa shape index (κ1) is 21.5. The number of rotatable bonds is 5. The molecule has 6 rings (SSSR count). The van der Waals surface area contributed by atoms with Crippen LogP contribution in [0.1, 0.15) is 9.75 Å². The average molecular weight is 490 g/mol. The fourth-order valence-corrected chi connectivity index (χ4v) is 6.37. The molecule has 2 aromatic heterocycles. The summed E-state index contributed by atoms with van der Waals surface area (Å²) < 4.78 is 0. The summed E-state index contributed by atoms with van der Waals surface area (Å²) in [5, 5.41) is 0. The van der Waals surface area contributed by atoms with Crippen molar-refractivity contribution in [2.24, 2.45) is 0 Å². The van der Waals surface area contributed by atoms with Crippen LogP contribution in [0.2, 0.25) is 0 Å². The molecule has 0 unspecified atom stereocenters. The van der Waals surface area contributed by atoms with Crippen molar-refractivity contribution in [1.29, 1.82) is 0 Å². The van der Waals surface area contributed by atoms with Gasteiger partial charge in [-0.3, -0.25) is 9.59 Å². The summed E-state index contributed by atoms with van der Waals surface area (Å²) in [6.07, 6.45) is 0. The number of anilines is 1. The van der Waals surface area contributed by atoms with Crippen LogP contribution in [0.15, 0.2) is 115 Å². The van der Waals surface area contributed by atoms with Gasteiger partial charge in [0.15, 0.2) is 0 Å². The zero-order valence-electron chi connectivity index (χ0n) is 18.5. The van der Waals surface area contributed by atoms with Crippen molar-refractivity contribution in [3.05, 3.63) is 125 Å². The summed E-state index contributed by atoms with van der Waals surface area (Å²) in [4.78, 5) is 32.6. The molecule has 3 aromatic carbocycles. The lowest BCUT2D eigenvalue weighted by atomic mass is 10.1. The van der Waals surface area contributed by atoms with Crippen molar-refractivity contribution >= 4 is 51.3 Å². The monoisotopic (exact) mass is 489 g/mol. The molecule has 0 fully saturated rings. The van der Waals surface area contributed by atoms with Crippen LogP contribution < -0.4 is 4.90 Å². The van der Waals surface area contributed by atoms with Crippen molar-refractivity contribution in [3.8, 4) is 20.9 Å². The number of para-hydroxylation sites is 1. The van der Waals surface area contributed by atoms with Gasteiger partial charge >= 0.3 is 0 Å². The number of benzene rings is 3. The summed E-state index contributed by atoms with van der Waals surface area (Å²) in [7, 11) is 0. The molecule has 5 aromatic rings. The molecule has 0 spiro atoms. The molecule has 168 valence electrons. The first-order chi connectivity index (χ1) is 17.2. The minimum atomic E-state index is -0.285. The predicted molar refractivity (Wildman–Crippen MR) is 145 cm³/mol. The maximum atomic E-state index is 13.8. The highest BCUT2D eigenvalue weighted by Gasteiger charge is 2.41. The minimum Gasteiger partial charge on any atom is -0.268 e. The number of nitrogens with zero attached hydrogens (tertiary/aromatic N) is 1. The minimum absolute atomic E-state index is 0.285. The molecule has 0 bridgehead atoms. The van der Waals surface area contributed by atoms with Crippen LogP contribution in [0, 0.1) is 0 Å². The van der Waals surface area contributed by atoms with E-state index in [1.165, 1.54) is 27.6 Å². The van der Waals surface area contributed by atoms with Crippen LogP contribution in [0.25, 0.3) is 32.0 Å². The molecule has 2 amide bonds. The molecule has 1 aliphatic rings. The molecule has 0 saturated heterocycles. The highest BCUT2D eigenvalue weighted by atomic mass is 32.1. The Bertz CT molecular complexity index is 1460. The van der Waals surface area contributed by atoms with E-state index in [4.69, 9.17) is 0 Å². The van der Waals surface area contributed by atoms with Gasteiger partial charge in [-0.1, -0.05) is 78.9 Å². The van der Waals surface area contributed by atoms with E-state index in [2.05, 4.69) is 0 Å². The van der Waals surface area contributed by atoms with Gasteiger partial charge in [-0.2, -0.15) is 0 Å². The van der Waals surface area contributed by atoms with E-state index in [1.54, 1.807) is 12.1 Å². The van der Waals surface area contributed by atoms with Crippen LogP contribution in [-0.4, -0.2) is 11.8 Å². The molecule has 0 radical (unpaired) electrons. The normalized spacial score (nSPS) is 13.7. The molecular weight excluding hydrogens is 470 g/mol. The van der Waals surface area contributed by atoms with E-state index >= 15 is 0 Å². The second-order valence-electron chi connectivity index (χ2n) is 8.09. The highest BCUT2D eigenvalue weighted by Crippen LogP contribution is 2.44. The molecule has 5 heteroatoms. The van der Waals surface area contributed by atoms with E-state index in [0.29, 0.717) is 16.8 Å². The molecule has 3 nitrogen and oxygen atoms in total. The fraction of sp³-hybridized carbons (Fsp3) is 0. The quantitative estimate of drug-likeness (QED) is 0.238. The summed E-state index contributed by atoms with van der Waals surface area (Å²) in [5.41, 5.74) is 3.69. The molecule has 0 aliphatic carbocycles. The Morgan fingerprint density at radius 3 is 1.23 bits per heavy atom. The summed E-state index contributed by atoms with van der Waals surface area (Å²) in [6, 6.07) is 37.2. The summed E-state index contributed by atoms with van der Waals surface area (Å²) in [5.74, 6) is -0.570. The lowest BCUT2D eigenvalue weighted by Crippen LogP contribution is -2.31. The molecule has 1 aliphatic heterocycles. The first-order valence-electron chi connectivity index (χ1n) is 11.2. The Balaban J connectivity index is 1.49. The Hall–Kier alpha value is -4.06. The third-order valence-electron chi connectivity index (χ3n) is 5.92. The number of carbonyl (C=O) groups excluding carboxylic acids is 2. The van der Waals surface area contributed by atoms with Crippen molar-refractivity contribution in [2.75, 3.05) is 4.90 Å². The Morgan fingerprint density at radius 2 is 0.800 bits per heavy atom. The largest absolute Gasteiger partial charge is 0.268 e. The zero-order chi connectivity index (χ0) is 23.8. The van der Waals surface area contributed by atoms with Crippen LogP contribution in [0.5, 0.6) is 0 Å². The van der Waals surface area contributed by atoms with Gasteiger partial charge in [-0.15, -0.1) is 22.7 Å². The second-order valence-corrected chi connectivity index (χ2v) is 10.3. The maximum Gasteiger partial charge on any atom is 0.267 e. The average Bonchev–Trinajstić information content (AvgIpc) is 3.64. The van der Waals surface area contributed by atoms with E-state index < -0.39 is 0 Å². The van der Waals surface area contributed by atoms with Gasteiger partial charge in [-0.25, -0.2) is 4.90 Å². The third kappa shape index (κ3) is 3.85. The zero-order valence-corrected chi connectivity index (χ0v) is 20.2. The topological polar surface area (TPSA) is 37.4 Å². The SMILES string of the molecule is O=C1C(c2ccc(-c3ccccc3)s2)=C(c2ccc(-c3ccccc3)s2)C(=O)N1c1ccccc1. The molecule has 0 N–H and O–H groups in total. The van der Waals surface area contributed by atoms with Crippen molar-refractivity contribution < 1.29 is 9.59 Å². The summed E-state index contributed by atoms with van der Waals surface area (Å²) >= 11 is 3.07. The molecule has 35 heavy (non-hydrogen) atoms. The van der Waals surface area contributed by atoms with Crippen molar-refractivity contribution in [3.63, 3.8) is 0 Å². The van der Waals surface area contributed by atoms with Gasteiger partial charge < -0.3 is 0 Å². The highest BCUT2D eigenvalue weighted by molar-refractivity contribution is 7.18. The Labute approximate surface area is 211 Å². The van der Waals surface area contributed by atoms with Crippen molar-refractivity contribution in [2.45, 2.75) is 0 Å². The Kier molecular flexibility index (Phi) is 5.49. The first-order valence-corrected chi connectivity index (χ1v) is 12.8. The van der Waals surface area contributed by atoms with E-state index in [1.807, 2.05) is 103 Å². The van der Waals surface area contributed by atoms with E-state index in [0.717, 1.165) is 30.6 Å². The maximum absolute atomic E-state index is 13.8. The lowest BCUT2D eigenvalue weighted by Gasteiger charge is -2.14. The van der Waals surface area contributed by atoms with Gasteiger partial charge in [0, 0.05) is 19.5 Å². The number of amides is 2.